The van der Waals surface area contributed by atoms with E-state index in [1.54, 1.807) is 0 Å². The van der Waals surface area contributed by atoms with Gasteiger partial charge in [0.15, 0.2) is 9.76 Å². The molecule has 0 rings (SSSR count). The Hall–Kier alpha value is 0.0569. The van der Waals surface area contributed by atoms with Crippen molar-refractivity contribution < 1.29 is 13.9 Å². The summed E-state index contributed by atoms with van der Waals surface area (Å²) in [6, 6.07) is 1.15. The van der Waals surface area contributed by atoms with Gasteiger partial charge in [-0.1, -0.05) is 6.42 Å². The second kappa shape index (κ2) is 11.1. The van der Waals surface area contributed by atoms with Crippen molar-refractivity contribution in [3.63, 3.8) is 0 Å². The van der Waals surface area contributed by atoms with E-state index in [9.17, 15) is 0 Å². The van der Waals surface area contributed by atoms with Crippen molar-refractivity contribution in [2.24, 2.45) is 5.73 Å². The molecule has 86 valence electrons. The van der Waals surface area contributed by atoms with Crippen LogP contribution >= 0.6 is 0 Å². The molecule has 0 amide bonds. The van der Waals surface area contributed by atoms with Crippen LogP contribution in [0.1, 0.15) is 26.7 Å². The van der Waals surface area contributed by atoms with Crippen LogP contribution in [0.15, 0.2) is 0 Å². The zero-order chi connectivity index (χ0) is 10.6. The summed E-state index contributed by atoms with van der Waals surface area (Å²) in [5, 5.41) is 0. The molecule has 0 aliphatic rings. The molecule has 0 spiro atoms. The molecule has 0 radical (unpaired) electrons. The number of nitrogens with two attached hydrogens (primary N) is 1. The molecule has 0 saturated carbocycles. The van der Waals surface area contributed by atoms with Crippen molar-refractivity contribution in [3.05, 3.63) is 0 Å². The van der Waals surface area contributed by atoms with Crippen molar-refractivity contribution in [2.75, 3.05) is 19.8 Å². The van der Waals surface area contributed by atoms with Crippen molar-refractivity contribution in [1.29, 1.82) is 0 Å². The van der Waals surface area contributed by atoms with Crippen LogP contribution in [-0.4, -0.2) is 36.0 Å². The van der Waals surface area contributed by atoms with Crippen LogP contribution in [0.3, 0.4) is 0 Å². The van der Waals surface area contributed by atoms with Gasteiger partial charge in [-0.25, -0.2) is 0 Å². The highest BCUT2D eigenvalue weighted by molar-refractivity contribution is 6.27. The zero-order valence-corrected chi connectivity index (χ0v) is 10.7. The van der Waals surface area contributed by atoms with Gasteiger partial charge in [0, 0.05) is 13.2 Å². The summed E-state index contributed by atoms with van der Waals surface area (Å²) in [7, 11) is -0.503. The van der Waals surface area contributed by atoms with Gasteiger partial charge in [0.05, 0.1) is 0 Å². The van der Waals surface area contributed by atoms with Crippen LogP contribution in [0, 0.1) is 0 Å². The Morgan fingerprint density at radius 2 is 1.79 bits per heavy atom. The Kier molecular flexibility index (Phi) is 11.2. The van der Waals surface area contributed by atoms with E-state index >= 15 is 0 Å². The third kappa shape index (κ3) is 8.65. The maximum atomic E-state index is 5.52. The van der Waals surface area contributed by atoms with Gasteiger partial charge in [0.2, 0.25) is 0 Å². The van der Waals surface area contributed by atoms with E-state index in [0.29, 0.717) is 13.2 Å². The van der Waals surface area contributed by atoms with Crippen LogP contribution in [0.25, 0.3) is 0 Å². The summed E-state index contributed by atoms with van der Waals surface area (Å²) in [6.07, 6.45) is 2.25. The van der Waals surface area contributed by atoms with Crippen LogP contribution in [-0.2, 0) is 13.9 Å². The van der Waals surface area contributed by atoms with Gasteiger partial charge in [-0.2, -0.15) is 0 Å². The largest absolute Gasteiger partial charge is 0.379 e. The molecule has 2 N–H and O–H groups in total. The van der Waals surface area contributed by atoms with Crippen molar-refractivity contribution in [3.8, 4) is 0 Å². The summed E-state index contributed by atoms with van der Waals surface area (Å²) >= 11 is 0. The third-order valence-electron chi connectivity index (χ3n) is 1.71. The molecule has 0 aromatic heterocycles. The predicted molar refractivity (Wildman–Crippen MR) is 59.8 cm³/mol. The number of hydrogen-bond acceptors (Lipinski definition) is 4. The molecule has 0 aromatic rings. The lowest BCUT2D eigenvalue weighted by molar-refractivity contribution is -0.243. The van der Waals surface area contributed by atoms with Gasteiger partial charge in [-0.15, -0.1) is 0 Å². The molecular weight excluding hydrogens is 198 g/mol. The highest BCUT2D eigenvalue weighted by Gasteiger charge is 2.06. The Balaban J connectivity index is 3.30. The molecule has 14 heavy (non-hydrogen) atoms. The number of ether oxygens (including phenoxy) is 2. The first kappa shape index (κ1) is 14.1. The summed E-state index contributed by atoms with van der Waals surface area (Å²) in [5.74, 6) is 0. The summed E-state index contributed by atoms with van der Waals surface area (Å²) in [4.78, 5) is 0. The van der Waals surface area contributed by atoms with Crippen molar-refractivity contribution in [2.45, 2.75) is 39.2 Å². The van der Waals surface area contributed by atoms with E-state index in [1.165, 1.54) is 0 Å². The molecule has 0 aromatic carbocycles. The summed E-state index contributed by atoms with van der Waals surface area (Å²) in [5.41, 5.74) is 5.39. The molecule has 4 nitrogen and oxygen atoms in total. The minimum atomic E-state index is -0.503. The Morgan fingerprint density at radius 1 is 1.14 bits per heavy atom. The molecule has 0 aliphatic carbocycles. The van der Waals surface area contributed by atoms with Crippen LogP contribution in [0.4, 0.5) is 0 Å². The van der Waals surface area contributed by atoms with Crippen LogP contribution < -0.4 is 5.73 Å². The molecule has 0 fully saturated rings. The molecule has 0 unspecified atom stereocenters. The van der Waals surface area contributed by atoms with Gasteiger partial charge in [0.1, 0.15) is 0 Å². The first-order valence-electron chi connectivity index (χ1n) is 5.40. The number of unbranched alkanes of at least 4 members (excludes halogenated alkanes) is 1. The van der Waals surface area contributed by atoms with E-state index < -0.39 is 16.2 Å². The topological polar surface area (TPSA) is 53.7 Å². The third-order valence-corrected chi connectivity index (χ3v) is 3.00. The Bertz CT molecular complexity index is 110. The lowest BCUT2D eigenvalue weighted by Crippen LogP contribution is -2.23. The highest BCUT2D eigenvalue weighted by Crippen LogP contribution is 2.00. The van der Waals surface area contributed by atoms with Crippen LogP contribution in [0.5, 0.6) is 0 Å². The molecule has 0 atom stereocenters. The Labute approximate surface area is 89.0 Å². The maximum absolute atomic E-state index is 5.52. The average molecular weight is 221 g/mol. The van der Waals surface area contributed by atoms with E-state index in [2.05, 4.69) is 0 Å². The van der Waals surface area contributed by atoms with Gasteiger partial charge < -0.3 is 19.6 Å². The minimum Gasteiger partial charge on any atom is -0.379 e. The summed E-state index contributed by atoms with van der Waals surface area (Å²) < 4.78 is 16.0. The molecule has 0 bridgehead atoms. The number of rotatable bonds is 10. The van der Waals surface area contributed by atoms with Crippen molar-refractivity contribution >= 4 is 9.76 Å². The molecule has 0 aliphatic heterocycles. The fourth-order valence-electron chi connectivity index (χ4n) is 1.02. The number of hydrogen-bond donors (Lipinski definition) is 1. The van der Waals surface area contributed by atoms with E-state index in [4.69, 9.17) is 19.6 Å². The molecule has 0 heterocycles. The smallest absolute Gasteiger partial charge is 0.261 e. The van der Waals surface area contributed by atoms with Gasteiger partial charge in [-0.3, -0.25) is 0 Å². The average Bonchev–Trinajstić information content (AvgIpc) is 2.18. The second-order valence-electron chi connectivity index (χ2n) is 2.92. The maximum Gasteiger partial charge on any atom is 0.261 e. The predicted octanol–water partition coefficient (Wildman–Crippen LogP) is 0.601. The van der Waals surface area contributed by atoms with E-state index in [0.717, 1.165) is 25.4 Å². The monoisotopic (exact) mass is 221 g/mol. The lowest BCUT2D eigenvalue weighted by Gasteiger charge is -2.17. The van der Waals surface area contributed by atoms with Gasteiger partial charge in [-0.05, 0) is 32.9 Å². The second-order valence-corrected chi connectivity index (χ2v) is 4.37. The fraction of sp³-hybridized carbons (Fsp3) is 1.00. The Morgan fingerprint density at radius 3 is 2.29 bits per heavy atom. The lowest BCUT2D eigenvalue weighted by atomic mass is 10.3. The van der Waals surface area contributed by atoms with Gasteiger partial charge in [0.25, 0.3) is 6.48 Å². The first-order chi connectivity index (χ1) is 6.85. The van der Waals surface area contributed by atoms with Gasteiger partial charge >= 0.3 is 0 Å². The first-order valence-corrected chi connectivity index (χ1v) is 6.97. The summed E-state index contributed by atoms with van der Waals surface area (Å²) in [6.45, 7) is 5.46. The molecule has 5 heteroatoms. The quantitative estimate of drug-likeness (QED) is 0.333. The minimum absolute atomic E-state index is 0.436. The fourth-order valence-corrected chi connectivity index (χ4v) is 2.13. The van der Waals surface area contributed by atoms with Crippen molar-refractivity contribution in [1.82, 2.24) is 0 Å². The van der Waals surface area contributed by atoms with E-state index in [1.807, 2.05) is 13.8 Å². The molecular formula is C9H23NO3Si. The standard InChI is InChI=1S/C9H23NO3Si/c1-3-11-9(12-4-2)13-14-8-6-5-7-10/h9H,3-8,10,14H2,1-2H3. The normalized spacial score (nSPS) is 12.0. The SMILES string of the molecule is CCOC(OCC)O[SiH2]CCCCN. The zero-order valence-electron chi connectivity index (χ0n) is 9.33. The van der Waals surface area contributed by atoms with Crippen LogP contribution in [0.2, 0.25) is 6.04 Å². The molecule has 0 saturated heterocycles. The van der Waals surface area contributed by atoms with E-state index in [-0.39, 0.29) is 0 Å². The highest BCUT2D eigenvalue weighted by atomic mass is 28.2.